The van der Waals surface area contributed by atoms with Crippen molar-refractivity contribution in [2.45, 2.75) is 50.6 Å². The van der Waals surface area contributed by atoms with E-state index in [9.17, 15) is 9.59 Å². The van der Waals surface area contributed by atoms with Gasteiger partial charge < -0.3 is 15.0 Å². The number of carbonyl (C=O) groups excluding carboxylic acids is 2. The van der Waals surface area contributed by atoms with E-state index in [1.807, 2.05) is 35.2 Å². The first-order valence-electron chi connectivity index (χ1n) is 9.63. The fraction of sp³-hybridized carbons (Fsp3) is 0.600. The predicted octanol–water partition coefficient (Wildman–Crippen LogP) is 2.78. The maximum atomic E-state index is 13.2. The third-order valence-corrected chi connectivity index (χ3v) is 5.40. The van der Waals surface area contributed by atoms with Gasteiger partial charge in [0.25, 0.3) is 0 Å². The van der Waals surface area contributed by atoms with Crippen LogP contribution in [0.1, 0.15) is 38.5 Å². The van der Waals surface area contributed by atoms with Gasteiger partial charge in [-0.15, -0.1) is 0 Å². The van der Waals surface area contributed by atoms with Crippen LogP contribution in [-0.4, -0.2) is 55.7 Å². The fourth-order valence-corrected chi connectivity index (χ4v) is 4.02. The van der Waals surface area contributed by atoms with Crippen molar-refractivity contribution in [1.29, 1.82) is 0 Å². The maximum absolute atomic E-state index is 13.2. The molecule has 1 N–H and O–H groups in total. The summed E-state index contributed by atoms with van der Waals surface area (Å²) in [6.45, 7) is 2.66. The molecular formula is C20H29N3O3. The van der Waals surface area contributed by atoms with E-state index in [-0.39, 0.29) is 18.0 Å². The van der Waals surface area contributed by atoms with E-state index in [0.717, 1.165) is 57.4 Å². The predicted molar refractivity (Wildman–Crippen MR) is 101 cm³/mol. The minimum Gasteiger partial charge on any atom is -0.469 e. The number of urea groups is 1. The van der Waals surface area contributed by atoms with Crippen LogP contribution < -0.4 is 10.2 Å². The van der Waals surface area contributed by atoms with Gasteiger partial charge in [-0.1, -0.05) is 24.6 Å². The quantitative estimate of drug-likeness (QED) is 0.601. The normalized spacial score (nSPS) is 21.3. The summed E-state index contributed by atoms with van der Waals surface area (Å²) in [6, 6.07) is 10.6. The highest BCUT2D eigenvalue weighted by Crippen LogP contribution is 2.30. The lowest BCUT2D eigenvalue weighted by atomic mass is 10.0. The number of nitrogens with zero attached hydrogens (tertiary/aromatic N) is 2. The van der Waals surface area contributed by atoms with Gasteiger partial charge in [-0.3, -0.25) is 9.69 Å². The Morgan fingerprint density at radius 2 is 1.92 bits per heavy atom. The SMILES string of the molecule is COC(=O)CCCCC1CN(c2ccccc2)C(=O)N1C1CCNCC1. The Kier molecular flexibility index (Phi) is 6.50. The number of methoxy groups -OCH3 is 1. The van der Waals surface area contributed by atoms with Crippen LogP contribution in [0.15, 0.2) is 30.3 Å². The second kappa shape index (κ2) is 9.03. The lowest BCUT2D eigenvalue weighted by molar-refractivity contribution is -0.140. The van der Waals surface area contributed by atoms with Crippen molar-refractivity contribution in [2.75, 3.05) is 31.6 Å². The van der Waals surface area contributed by atoms with Gasteiger partial charge in [0.15, 0.2) is 0 Å². The third kappa shape index (κ3) is 4.36. The number of hydrogen-bond donors (Lipinski definition) is 1. The van der Waals surface area contributed by atoms with E-state index in [1.54, 1.807) is 0 Å². The van der Waals surface area contributed by atoms with E-state index in [1.165, 1.54) is 7.11 Å². The number of esters is 1. The van der Waals surface area contributed by atoms with Gasteiger partial charge in [0.1, 0.15) is 0 Å². The van der Waals surface area contributed by atoms with Crippen molar-refractivity contribution >= 4 is 17.7 Å². The Bertz CT molecular complexity index is 602. The summed E-state index contributed by atoms with van der Waals surface area (Å²) in [5.74, 6) is -0.159. The molecule has 2 amide bonds. The van der Waals surface area contributed by atoms with Crippen LogP contribution in [0.5, 0.6) is 0 Å². The van der Waals surface area contributed by atoms with Crippen LogP contribution in [0.4, 0.5) is 10.5 Å². The molecule has 1 aromatic rings. The van der Waals surface area contributed by atoms with Crippen LogP contribution in [-0.2, 0) is 9.53 Å². The minimum atomic E-state index is -0.159. The van der Waals surface area contributed by atoms with Crippen molar-refractivity contribution < 1.29 is 14.3 Å². The summed E-state index contributed by atoms with van der Waals surface area (Å²) in [5, 5.41) is 3.38. The van der Waals surface area contributed by atoms with Gasteiger partial charge in [-0.05, 0) is 50.9 Å². The molecule has 1 unspecified atom stereocenters. The van der Waals surface area contributed by atoms with E-state index < -0.39 is 0 Å². The average Bonchev–Trinajstić information content (AvgIpc) is 3.02. The summed E-state index contributed by atoms with van der Waals surface area (Å²) in [6.07, 6.45) is 5.13. The molecule has 2 aliphatic heterocycles. The number of nitrogens with one attached hydrogen (secondary N) is 1. The highest BCUT2D eigenvalue weighted by molar-refractivity contribution is 5.94. The summed E-state index contributed by atoms with van der Waals surface area (Å²) in [5.41, 5.74) is 0.966. The molecule has 0 saturated carbocycles. The monoisotopic (exact) mass is 359 g/mol. The summed E-state index contributed by atoms with van der Waals surface area (Å²) >= 11 is 0. The van der Waals surface area contributed by atoms with Gasteiger partial charge in [-0.2, -0.15) is 0 Å². The van der Waals surface area contributed by atoms with Crippen LogP contribution in [0, 0.1) is 0 Å². The van der Waals surface area contributed by atoms with Crippen LogP contribution in [0.3, 0.4) is 0 Å². The standard InChI is InChI=1S/C20H29N3O3/c1-26-19(24)10-6-5-9-18-15-22(16-7-3-2-4-8-16)20(25)23(18)17-11-13-21-14-12-17/h2-4,7-8,17-18,21H,5-6,9-15H2,1H3. The Hall–Kier alpha value is -2.08. The number of rotatable bonds is 7. The average molecular weight is 359 g/mol. The lowest BCUT2D eigenvalue weighted by Crippen LogP contribution is -2.48. The van der Waals surface area contributed by atoms with Crippen molar-refractivity contribution in [3.05, 3.63) is 30.3 Å². The Labute approximate surface area is 155 Å². The first kappa shape index (κ1) is 18.7. The van der Waals surface area contributed by atoms with Gasteiger partial charge in [-0.25, -0.2) is 4.79 Å². The molecule has 0 aromatic heterocycles. The number of ether oxygens (including phenoxy) is 1. The molecule has 1 atom stereocenters. The molecule has 2 fully saturated rings. The molecule has 2 aliphatic rings. The summed E-state index contributed by atoms with van der Waals surface area (Å²) in [7, 11) is 1.43. The molecule has 2 saturated heterocycles. The van der Waals surface area contributed by atoms with E-state index in [0.29, 0.717) is 12.5 Å². The number of piperidine rings is 1. The Balaban J connectivity index is 1.67. The topological polar surface area (TPSA) is 61.9 Å². The Morgan fingerprint density at radius 3 is 2.62 bits per heavy atom. The lowest BCUT2D eigenvalue weighted by Gasteiger charge is -2.35. The fourth-order valence-electron chi connectivity index (χ4n) is 4.02. The van der Waals surface area contributed by atoms with Crippen molar-refractivity contribution in [2.24, 2.45) is 0 Å². The number of benzene rings is 1. The largest absolute Gasteiger partial charge is 0.469 e. The van der Waals surface area contributed by atoms with Gasteiger partial charge >= 0.3 is 12.0 Å². The first-order valence-corrected chi connectivity index (χ1v) is 9.63. The zero-order valence-corrected chi connectivity index (χ0v) is 15.5. The van der Waals surface area contributed by atoms with E-state index in [4.69, 9.17) is 4.74 Å². The third-order valence-electron chi connectivity index (χ3n) is 5.40. The number of hydrogen-bond acceptors (Lipinski definition) is 4. The molecule has 6 heteroatoms. The molecule has 0 bridgehead atoms. The van der Waals surface area contributed by atoms with E-state index in [2.05, 4.69) is 10.2 Å². The highest BCUT2D eigenvalue weighted by atomic mass is 16.5. The molecule has 142 valence electrons. The highest BCUT2D eigenvalue weighted by Gasteiger charge is 2.41. The van der Waals surface area contributed by atoms with Crippen LogP contribution in [0.2, 0.25) is 0 Å². The molecule has 3 rings (SSSR count). The summed E-state index contributed by atoms with van der Waals surface area (Å²) in [4.78, 5) is 28.5. The second-order valence-electron chi connectivity index (χ2n) is 7.09. The molecule has 0 radical (unpaired) electrons. The minimum absolute atomic E-state index is 0.126. The molecule has 6 nitrogen and oxygen atoms in total. The molecule has 2 heterocycles. The number of para-hydroxylation sites is 1. The molecule has 0 spiro atoms. The van der Waals surface area contributed by atoms with Crippen molar-refractivity contribution in [3.8, 4) is 0 Å². The number of unbranched alkanes of at least 4 members (excludes halogenated alkanes) is 1. The number of carbonyl (C=O) groups is 2. The molecule has 0 aliphatic carbocycles. The number of amides is 2. The molecular weight excluding hydrogens is 330 g/mol. The Morgan fingerprint density at radius 1 is 1.19 bits per heavy atom. The first-order chi connectivity index (χ1) is 12.7. The van der Waals surface area contributed by atoms with Crippen molar-refractivity contribution in [3.63, 3.8) is 0 Å². The van der Waals surface area contributed by atoms with Crippen LogP contribution >= 0.6 is 0 Å². The van der Waals surface area contributed by atoms with Gasteiger partial charge in [0, 0.05) is 24.7 Å². The zero-order valence-electron chi connectivity index (χ0n) is 15.5. The smallest absolute Gasteiger partial charge is 0.325 e. The van der Waals surface area contributed by atoms with Gasteiger partial charge in [0.2, 0.25) is 0 Å². The molecule has 1 aromatic carbocycles. The maximum Gasteiger partial charge on any atom is 0.325 e. The number of anilines is 1. The second-order valence-corrected chi connectivity index (χ2v) is 7.09. The van der Waals surface area contributed by atoms with E-state index >= 15 is 0 Å². The molecule has 26 heavy (non-hydrogen) atoms. The van der Waals surface area contributed by atoms with Gasteiger partial charge in [0.05, 0.1) is 13.2 Å². The zero-order chi connectivity index (χ0) is 18.4. The summed E-state index contributed by atoms with van der Waals surface area (Å²) < 4.78 is 4.71. The van der Waals surface area contributed by atoms with Crippen LogP contribution in [0.25, 0.3) is 0 Å². The van der Waals surface area contributed by atoms with Crippen molar-refractivity contribution in [1.82, 2.24) is 10.2 Å².